The van der Waals surface area contributed by atoms with E-state index in [9.17, 15) is 14.4 Å². The first-order valence-corrected chi connectivity index (χ1v) is 9.39. The molecule has 7 heteroatoms. The van der Waals surface area contributed by atoms with Gasteiger partial charge < -0.3 is 14.1 Å². The van der Waals surface area contributed by atoms with Crippen LogP contribution in [0.2, 0.25) is 0 Å². The van der Waals surface area contributed by atoms with Crippen LogP contribution in [0.1, 0.15) is 42.4 Å². The Morgan fingerprint density at radius 1 is 1.03 bits per heavy atom. The zero-order chi connectivity index (χ0) is 21.3. The number of amides is 3. The molecule has 1 aromatic heterocycles. The van der Waals surface area contributed by atoms with Crippen molar-refractivity contribution in [2.75, 3.05) is 14.2 Å². The van der Waals surface area contributed by atoms with Crippen LogP contribution in [-0.4, -0.2) is 41.7 Å². The van der Waals surface area contributed by atoms with Crippen molar-refractivity contribution < 1.29 is 23.5 Å². The third-order valence-electron chi connectivity index (χ3n) is 5.03. The molecule has 1 aliphatic rings. The Kier molecular flexibility index (Phi) is 5.10. The minimum atomic E-state index is -0.339. The summed E-state index contributed by atoms with van der Waals surface area (Å²) in [7, 11) is 3.16. The molecular weight excluding hydrogens is 384 g/mol. The molecule has 0 spiro atoms. The van der Waals surface area contributed by atoms with Gasteiger partial charge >= 0.3 is 0 Å². The van der Waals surface area contributed by atoms with Gasteiger partial charge in [0.15, 0.2) is 0 Å². The first-order valence-electron chi connectivity index (χ1n) is 9.39. The average Bonchev–Trinajstić information content (AvgIpc) is 3.36. The Morgan fingerprint density at radius 2 is 1.73 bits per heavy atom. The van der Waals surface area contributed by atoms with Gasteiger partial charge in [0.05, 0.1) is 43.2 Å². The van der Waals surface area contributed by atoms with Gasteiger partial charge in [-0.25, -0.2) is 0 Å². The fraction of sp³-hybridized carbons (Fsp3) is 0.174. The van der Waals surface area contributed by atoms with Crippen molar-refractivity contribution in [3.63, 3.8) is 0 Å². The molecule has 0 aliphatic carbocycles. The van der Waals surface area contributed by atoms with Crippen molar-refractivity contribution in [2.24, 2.45) is 0 Å². The maximum absolute atomic E-state index is 13.0. The number of hydrogen-bond acceptors (Lipinski definition) is 5. The summed E-state index contributed by atoms with van der Waals surface area (Å²) in [4.78, 5) is 41.0. The number of furan rings is 1. The molecule has 7 nitrogen and oxygen atoms in total. The van der Waals surface area contributed by atoms with Gasteiger partial charge in [0.1, 0.15) is 11.5 Å². The minimum absolute atomic E-state index is 0.0680. The monoisotopic (exact) mass is 404 g/mol. The summed E-state index contributed by atoms with van der Waals surface area (Å²) in [6, 6.07) is 15.4. The van der Waals surface area contributed by atoms with E-state index in [1.807, 2.05) is 0 Å². The van der Waals surface area contributed by atoms with Crippen molar-refractivity contribution in [3.05, 3.63) is 88.9 Å². The summed E-state index contributed by atoms with van der Waals surface area (Å²) in [5, 5.41) is 0. The molecule has 0 N–H and O–H groups in total. The van der Waals surface area contributed by atoms with E-state index in [1.165, 1.54) is 16.9 Å². The summed E-state index contributed by atoms with van der Waals surface area (Å²) in [6.45, 7) is 0.371. The molecule has 0 bridgehead atoms. The molecule has 4 rings (SSSR count). The van der Waals surface area contributed by atoms with E-state index in [1.54, 1.807) is 67.9 Å². The van der Waals surface area contributed by atoms with Gasteiger partial charge in [0.25, 0.3) is 17.7 Å². The smallest absolute Gasteiger partial charge is 0.261 e. The standard InChI is InChI=1S/C23H20N2O5/c1-24(14-16-6-5-11-30-16)21(26)19-12-15(9-10-20(19)29-2)13-25-22(27)17-7-3-4-8-18(17)23(25)28/h3-12H,13-14H2,1-2H3. The van der Waals surface area contributed by atoms with Crippen LogP contribution in [0.15, 0.2) is 65.3 Å². The molecule has 3 amide bonds. The highest BCUT2D eigenvalue weighted by atomic mass is 16.5. The fourth-order valence-electron chi connectivity index (χ4n) is 3.50. The van der Waals surface area contributed by atoms with Crippen LogP contribution in [0.3, 0.4) is 0 Å². The third kappa shape index (κ3) is 3.45. The second kappa shape index (κ2) is 7.87. The van der Waals surface area contributed by atoms with E-state index in [4.69, 9.17) is 9.15 Å². The summed E-state index contributed by atoms with van der Waals surface area (Å²) < 4.78 is 10.7. The number of nitrogens with zero attached hydrogens (tertiary/aromatic N) is 2. The predicted octanol–water partition coefficient (Wildman–Crippen LogP) is 3.36. The van der Waals surface area contributed by atoms with Crippen molar-refractivity contribution in [1.29, 1.82) is 0 Å². The van der Waals surface area contributed by atoms with Gasteiger partial charge in [-0.2, -0.15) is 0 Å². The molecule has 3 aromatic rings. The number of ether oxygens (including phenoxy) is 1. The second-order valence-electron chi connectivity index (χ2n) is 7.02. The molecule has 0 saturated heterocycles. The lowest BCUT2D eigenvalue weighted by molar-refractivity contribution is 0.0642. The highest BCUT2D eigenvalue weighted by Crippen LogP contribution is 2.27. The Morgan fingerprint density at radius 3 is 2.33 bits per heavy atom. The van der Waals surface area contributed by atoms with Gasteiger partial charge in [-0.15, -0.1) is 0 Å². The van der Waals surface area contributed by atoms with Crippen LogP contribution in [0.25, 0.3) is 0 Å². The number of hydrogen-bond donors (Lipinski definition) is 0. The second-order valence-corrected chi connectivity index (χ2v) is 7.02. The summed E-state index contributed by atoms with van der Waals surface area (Å²) in [5.41, 5.74) is 1.79. The Bertz CT molecular complexity index is 1090. The predicted molar refractivity (Wildman–Crippen MR) is 108 cm³/mol. The molecule has 0 fully saturated rings. The first-order chi connectivity index (χ1) is 14.5. The summed E-state index contributed by atoms with van der Waals surface area (Å²) in [6.07, 6.45) is 1.55. The van der Waals surface area contributed by atoms with Gasteiger partial charge in [-0.05, 0) is 42.0 Å². The number of methoxy groups -OCH3 is 1. The maximum atomic E-state index is 13.0. The van der Waals surface area contributed by atoms with E-state index in [0.29, 0.717) is 40.3 Å². The molecular formula is C23H20N2O5. The van der Waals surface area contributed by atoms with E-state index in [-0.39, 0.29) is 24.3 Å². The topological polar surface area (TPSA) is 80.1 Å². The highest BCUT2D eigenvalue weighted by molar-refractivity contribution is 6.21. The van der Waals surface area contributed by atoms with Crippen LogP contribution in [0.4, 0.5) is 0 Å². The van der Waals surface area contributed by atoms with E-state index in [0.717, 1.165) is 0 Å². The van der Waals surface area contributed by atoms with Crippen molar-refractivity contribution in [3.8, 4) is 5.75 Å². The van der Waals surface area contributed by atoms with Crippen molar-refractivity contribution in [2.45, 2.75) is 13.1 Å². The SMILES string of the molecule is COc1ccc(CN2C(=O)c3ccccc3C2=O)cc1C(=O)N(C)Cc1ccco1. The van der Waals surface area contributed by atoms with Crippen molar-refractivity contribution in [1.82, 2.24) is 9.80 Å². The normalized spacial score (nSPS) is 12.8. The van der Waals surface area contributed by atoms with Gasteiger partial charge in [-0.3, -0.25) is 19.3 Å². The Hall–Kier alpha value is -3.87. The molecule has 0 saturated carbocycles. The molecule has 30 heavy (non-hydrogen) atoms. The number of carbonyl (C=O) groups excluding carboxylic acids is 3. The van der Waals surface area contributed by atoms with E-state index in [2.05, 4.69) is 0 Å². The molecule has 0 atom stereocenters. The molecule has 0 radical (unpaired) electrons. The lowest BCUT2D eigenvalue weighted by Gasteiger charge is -2.19. The van der Waals surface area contributed by atoms with Crippen LogP contribution < -0.4 is 4.74 Å². The Balaban J connectivity index is 1.58. The lowest BCUT2D eigenvalue weighted by atomic mass is 10.1. The number of imide groups is 1. The molecule has 2 aromatic carbocycles. The Labute approximate surface area is 173 Å². The maximum Gasteiger partial charge on any atom is 0.261 e. The summed E-state index contributed by atoms with van der Waals surface area (Å²) in [5.74, 6) is 0.139. The summed E-state index contributed by atoms with van der Waals surface area (Å²) >= 11 is 0. The van der Waals surface area contributed by atoms with E-state index >= 15 is 0 Å². The molecule has 1 aliphatic heterocycles. The van der Waals surface area contributed by atoms with Gasteiger partial charge in [0.2, 0.25) is 0 Å². The average molecular weight is 404 g/mol. The van der Waals surface area contributed by atoms with Gasteiger partial charge in [0, 0.05) is 7.05 Å². The quantitative estimate of drug-likeness (QED) is 0.589. The van der Waals surface area contributed by atoms with Crippen LogP contribution >= 0.6 is 0 Å². The van der Waals surface area contributed by atoms with Crippen molar-refractivity contribution >= 4 is 17.7 Å². The third-order valence-corrected chi connectivity index (χ3v) is 5.03. The number of fused-ring (bicyclic) bond motifs is 1. The molecule has 2 heterocycles. The zero-order valence-electron chi connectivity index (χ0n) is 16.6. The van der Waals surface area contributed by atoms with E-state index < -0.39 is 0 Å². The molecule has 152 valence electrons. The number of rotatable bonds is 6. The fourth-order valence-corrected chi connectivity index (χ4v) is 3.50. The van der Waals surface area contributed by atoms with Crippen LogP contribution in [-0.2, 0) is 13.1 Å². The zero-order valence-corrected chi connectivity index (χ0v) is 16.6. The van der Waals surface area contributed by atoms with Gasteiger partial charge in [-0.1, -0.05) is 18.2 Å². The first kappa shape index (κ1) is 19.4. The minimum Gasteiger partial charge on any atom is -0.496 e. The van der Waals surface area contributed by atoms with Crippen LogP contribution in [0.5, 0.6) is 5.75 Å². The lowest BCUT2D eigenvalue weighted by Crippen LogP contribution is -2.29. The number of carbonyl (C=O) groups is 3. The number of benzene rings is 2. The highest BCUT2D eigenvalue weighted by Gasteiger charge is 2.35. The van der Waals surface area contributed by atoms with Crippen LogP contribution in [0, 0.1) is 0 Å². The molecule has 0 unspecified atom stereocenters. The largest absolute Gasteiger partial charge is 0.496 e.